The number of rotatable bonds is 2. The normalized spacial score (nSPS) is 9.47. The Balaban J connectivity index is 3.11. The molecule has 80 valence electrons. The monoisotopic (exact) mass is 273 g/mol. The van der Waals surface area contributed by atoms with Gasteiger partial charge in [0.15, 0.2) is 0 Å². The molecule has 0 saturated heterocycles. The van der Waals surface area contributed by atoms with Gasteiger partial charge in [0, 0.05) is 4.47 Å². The maximum atomic E-state index is 10.9. The number of amides is 1. The summed E-state index contributed by atoms with van der Waals surface area (Å²) in [6.45, 7) is 0. The third-order valence-electron chi connectivity index (χ3n) is 1.65. The second kappa shape index (κ2) is 4.79. The topological polar surface area (TPSA) is 75.6 Å². The third-order valence-corrected chi connectivity index (χ3v) is 2.31. The molecule has 0 saturated carbocycles. The van der Waals surface area contributed by atoms with Crippen LogP contribution in [0.3, 0.4) is 0 Å². The van der Waals surface area contributed by atoms with E-state index in [9.17, 15) is 9.59 Å². The first-order valence-electron chi connectivity index (χ1n) is 3.93. The number of methoxy groups -OCH3 is 1. The summed E-state index contributed by atoms with van der Waals surface area (Å²) in [5.41, 5.74) is 0.173. The molecule has 1 amide bonds. The Hall–Kier alpha value is -1.56. The first kappa shape index (κ1) is 11.5. The molecule has 2 N–H and O–H groups in total. The van der Waals surface area contributed by atoms with Crippen molar-refractivity contribution in [3.63, 3.8) is 0 Å². The zero-order valence-corrected chi connectivity index (χ0v) is 9.37. The maximum Gasteiger partial charge on any atom is 0.411 e. The van der Waals surface area contributed by atoms with Gasteiger partial charge < -0.3 is 9.84 Å². The Labute approximate surface area is 94.2 Å². The number of hydrogen-bond acceptors (Lipinski definition) is 3. The Bertz CT molecular complexity index is 405. The van der Waals surface area contributed by atoms with Crippen LogP contribution in [0.2, 0.25) is 0 Å². The number of anilines is 1. The van der Waals surface area contributed by atoms with Gasteiger partial charge in [0.1, 0.15) is 0 Å². The van der Waals surface area contributed by atoms with E-state index in [0.717, 1.165) is 0 Å². The predicted molar refractivity (Wildman–Crippen MR) is 57.1 cm³/mol. The Kier molecular flexibility index (Phi) is 3.68. The van der Waals surface area contributed by atoms with Crippen molar-refractivity contribution in [1.29, 1.82) is 0 Å². The highest BCUT2D eigenvalue weighted by Crippen LogP contribution is 2.24. The lowest BCUT2D eigenvalue weighted by Gasteiger charge is -2.08. The highest BCUT2D eigenvalue weighted by atomic mass is 79.9. The molecule has 0 aliphatic rings. The van der Waals surface area contributed by atoms with Crippen LogP contribution in [0.1, 0.15) is 10.4 Å². The van der Waals surface area contributed by atoms with Crippen LogP contribution < -0.4 is 5.32 Å². The number of nitrogens with one attached hydrogen (secondary N) is 1. The highest BCUT2D eigenvalue weighted by molar-refractivity contribution is 9.10. The van der Waals surface area contributed by atoms with Crippen molar-refractivity contribution >= 4 is 33.7 Å². The predicted octanol–water partition coefficient (Wildman–Crippen LogP) is 2.33. The van der Waals surface area contributed by atoms with Gasteiger partial charge in [-0.15, -0.1) is 0 Å². The number of ether oxygens (including phenoxy) is 1. The van der Waals surface area contributed by atoms with Gasteiger partial charge in [-0.25, -0.2) is 9.59 Å². The summed E-state index contributed by atoms with van der Waals surface area (Å²) in [6, 6.07) is 4.67. The fraction of sp³-hybridized carbons (Fsp3) is 0.111. The molecule has 0 radical (unpaired) electrons. The smallest absolute Gasteiger partial charge is 0.411 e. The molecule has 0 aromatic heterocycles. The second-order valence-electron chi connectivity index (χ2n) is 2.58. The molecule has 0 fully saturated rings. The summed E-state index contributed by atoms with van der Waals surface area (Å²) in [6.07, 6.45) is -0.712. The third kappa shape index (κ3) is 2.69. The molecule has 0 aliphatic carbocycles. The van der Waals surface area contributed by atoms with E-state index in [4.69, 9.17) is 5.11 Å². The fourth-order valence-corrected chi connectivity index (χ4v) is 1.54. The standard InChI is InChI=1S/C9H8BrNO4/c1-15-9(14)11-6-4-2-3-5(10)7(6)8(12)13/h2-4H,1H3,(H,11,14)(H,12,13). The molecule has 1 aromatic carbocycles. The minimum Gasteiger partial charge on any atom is -0.478 e. The molecular weight excluding hydrogens is 266 g/mol. The molecule has 15 heavy (non-hydrogen) atoms. The summed E-state index contributed by atoms with van der Waals surface area (Å²) in [4.78, 5) is 21.8. The quantitative estimate of drug-likeness (QED) is 0.867. The Morgan fingerprint density at radius 3 is 2.67 bits per heavy atom. The van der Waals surface area contributed by atoms with E-state index in [-0.39, 0.29) is 11.3 Å². The molecule has 0 atom stereocenters. The van der Waals surface area contributed by atoms with Crippen LogP contribution in [0.15, 0.2) is 22.7 Å². The molecule has 0 heterocycles. The van der Waals surface area contributed by atoms with E-state index in [1.54, 1.807) is 12.1 Å². The number of carboxylic acid groups (broad SMARTS) is 1. The van der Waals surface area contributed by atoms with Crippen molar-refractivity contribution in [2.45, 2.75) is 0 Å². The lowest BCUT2D eigenvalue weighted by molar-refractivity contribution is 0.0697. The lowest BCUT2D eigenvalue weighted by atomic mass is 10.2. The van der Waals surface area contributed by atoms with Gasteiger partial charge in [0.25, 0.3) is 0 Å². The summed E-state index contributed by atoms with van der Waals surface area (Å²) in [5, 5.41) is 11.2. The van der Waals surface area contributed by atoms with Crippen LogP contribution in [0.4, 0.5) is 10.5 Å². The molecule has 0 bridgehead atoms. The minimum atomic E-state index is -1.13. The first-order valence-corrected chi connectivity index (χ1v) is 4.72. The van der Waals surface area contributed by atoms with Gasteiger partial charge in [-0.2, -0.15) is 0 Å². The largest absolute Gasteiger partial charge is 0.478 e. The molecular formula is C9H8BrNO4. The number of carbonyl (C=O) groups is 2. The lowest BCUT2D eigenvalue weighted by Crippen LogP contribution is -2.14. The minimum absolute atomic E-state index is 0.0112. The molecule has 1 aromatic rings. The number of aromatic carboxylic acids is 1. The second-order valence-corrected chi connectivity index (χ2v) is 3.44. The average molecular weight is 274 g/mol. The first-order chi connectivity index (χ1) is 7.06. The summed E-state index contributed by atoms with van der Waals surface area (Å²) < 4.78 is 4.76. The molecule has 1 rings (SSSR count). The van der Waals surface area contributed by atoms with Crippen molar-refractivity contribution in [3.05, 3.63) is 28.2 Å². The Morgan fingerprint density at radius 2 is 2.13 bits per heavy atom. The maximum absolute atomic E-state index is 10.9. The summed E-state index contributed by atoms with van der Waals surface area (Å²) in [7, 11) is 1.20. The van der Waals surface area contributed by atoms with Gasteiger partial charge in [-0.1, -0.05) is 6.07 Å². The van der Waals surface area contributed by atoms with Crippen LogP contribution in [-0.2, 0) is 4.74 Å². The van der Waals surface area contributed by atoms with Crippen molar-refractivity contribution in [2.75, 3.05) is 12.4 Å². The van der Waals surface area contributed by atoms with Crippen molar-refractivity contribution in [3.8, 4) is 0 Å². The van der Waals surface area contributed by atoms with Crippen LogP contribution in [0.25, 0.3) is 0 Å². The van der Waals surface area contributed by atoms with Gasteiger partial charge in [0.05, 0.1) is 18.4 Å². The van der Waals surface area contributed by atoms with E-state index < -0.39 is 12.1 Å². The van der Waals surface area contributed by atoms with E-state index in [1.807, 2.05) is 0 Å². The van der Waals surface area contributed by atoms with Gasteiger partial charge in [-0.05, 0) is 28.1 Å². The van der Waals surface area contributed by atoms with E-state index >= 15 is 0 Å². The Morgan fingerprint density at radius 1 is 1.47 bits per heavy atom. The van der Waals surface area contributed by atoms with E-state index in [0.29, 0.717) is 4.47 Å². The fourth-order valence-electron chi connectivity index (χ4n) is 1.01. The average Bonchev–Trinajstić information content (AvgIpc) is 2.17. The van der Waals surface area contributed by atoms with Crippen molar-refractivity contribution in [1.82, 2.24) is 0 Å². The van der Waals surface area contributed by atoms with Crippen LogP contribution in [0, 0.1) is 0 Å². The van der Waals surface area contributed by atoms with Crippen LogP contribution >= 0.6 is 15.9 Å². The molecule has 0 unspecified atom stereocenters. The van der Waals surface area contributed by atoms with E-state index in [1.165, 1.54) is 13.2 Å². The number of benzene rings is 1. The van der Waals surface area contributed by atoms with E-state index in [2.05, 4.69) is 26.0 Å². The van der Waals surface area contributed by atoms with Crippen LogP contribution in [-0.4, -0.2) is 24.3 Å². The number of hydrogen-bond donors (Lipinski definition) is 2. The van der Waals surface area contributed by atoms with Crippen molar-refractivity contribution < 1.29 is 19.4 Å². The number of halogens is 1. The van der Waals surface area contributed by atoms with Gasteiger partial charge in [-0.3, -0.25) is 5.32 Å². The number of carboxylic acids is 1. The molecule has 0 spiro atoms. The molecule has 0 aliphatic heterocycles. The van der Waals surface area contributed by atoms with Crippen LogP contribution in [0.5, 0.6) is 0 Å². The molecule has 6 heteroatoms. The SMILES string of the molecule is COC(=O)Nc1cccc(Br)c1C(=O)O. The molecule has 5 nitrogen and oxygen atoms in total. The summed E-state index contributed by atoms with van der Waals surface area (Å²) in [5.74, 6) is -1.13. The summed E-state index contributed by atoms with van der Waals surface area (Å²) >= 11 is 3.09. The van der Waals surface area contributed by atoms with Crippen molar-refractivity contribution in [2.24, 2.45) is 0 Å². The number of carbonyl (C=O) groups excluding carboxylic acids is 1. The van der Waals surface area contributed by atoms with Gasteiger partial charge >= 0.3 is 12.1 Å². The zero-order chi connectivity index (χ0) is 11.4. The highest BCUT2D eigenvalue weighted by Gasteiger charge is 2.15. The van der Waals surface area contributed by atoms with Gasteiger partial charge in [0.2, 0.25) is 0 Å². The zero-order valence-electron chi connectivity index (χ0n) is 7.78.